The Morgan fingerprint density at radius 3 is 3.00 bits per heavy atom. The van der Waals surface area contributed by atoms with Crippen LogP contribution in [0, 0.1) is 5.41 Å². The monoisotopic (exact) mass is 337 g/mol. The quantitative estimate of drug-likeness (QED) is 0.830. The van der Waals surface area contributed by atoms with E-state index in [0.717, 1.165) is 23.9 Å². The number of rotatable bonds is 4. The molecule has 20 heavy (non-hydrogen) atoms. The molecule has 0 unspecified atom stereocenters. The van der Waals surface area contributed by atoms with E-state index in [-0.39, 0.29) is 11.9 Å². The van der Waals surface area contributed by atoms with Crippen molar-refractivity contribution in [1.29, 1.82) is 0 Å². The second-order valence-corrected chi connectivity index (χ2v) is 7.07. The minimum atomic E-state index is -0.0749. The smallest absolute Gasteiger partial charge is 0.242 e. The summed E-state index contributed by atoms with van der Waals surface area (Å²) in [6, 6.07) is 4.42. The van der Waals surface area contributed by atoms with Crippen molar-refractivity contribution in [2.45, 2.75) is 51.6 Å². The van der Waals surface area contributed by atoms with Crippen molar-refractivity contribution in [3.05, 3.63) is 22.3 Å². The van der Waals surface area contributed by atoms with Crippen LogP contribution in [0.15, 0.2) is 16.7 Å². The molecular weight excluding hydrogens is 318 g/mol. The summed E-state index contributed by atoms with van der Waals surface area (Å²) in [5, 5.41) is 6.33. The fourth-order valence-electron chi connectivity index (χ4n) is 3.09. The van der Waals surface area contributed by atoms with Crippen molar-refractivity contribution in [2.24, 2.45) is 5.41 Å². The average Bonchev–Trinajstić information content (AvgIpc) is 2.87. The summed E-state index contributed by atoms with van der Waals surface area (Å²) < 4.78 is 0.771. The maximum absolute atomic E-state index is 12.3. The molecule has 5 heteroatoms. The first-order chi connectivity index (χ1) is 9.50. The molecule has 2 N–H and O–H groups in total. The average molecular weight is 338 g/mol. The minimum absolute atomic E-state index is 0.0338. The second kappa shape index (κ2) is 5.11. The largest absolute Gasteiger partial charge is 0.309 e. The van der Waals surface area contributed by atoms with Gasteiger partial charge in [0.25, 0.3) is 0 Å². The van der Waals surface area contributed by atoms with Gasteiger partial charge in [0.15, 0.2) is 0 Å². The van der Waals surface area contributed by atoms with E-state index in [0.29, 0.717) is 17.3 Å². The van der Waals surface area contributed by atoms with Crippen LogP contribution >= 0.6 is 15.9 Å². The first kappa shape index (κ1) is 14.0. The molecule has 3 atom stereocenters. The topological polar surface area (TPSA) is 54.0 Å². The molecule has 2 fully saturated rings. The van der Waals surface area contributed by atoms with E-state index in [9.17, 15) is 4.79 Å². The molecule has 0 radical (unpaired) electrons. The van der Waals surface area contributed by atoms with Crippen LogP contribution in [-0.2, 0) is 11.2 Å². The van der Waals surface area contributed by atoms with Crippen LogP contribution < -0.4 is 10.6 Å². The molecule has 0 bridgehead atoms. The molecular formula is C15H20BrN3O. The lowest BCUT2D eigenvalue weighted by Crippen LogP contribution is -2.38. The molecule has 0 aromatic carbocycles. The molecule has 1 aliphatic carbocycles. The number of carbonyl (C=O) groups excluding carboxylic acids is 1. The lowest BCUT2D eigenvalue weighted by molar-refractivity contribution is -0.118. The van der Waals surface area contributed by atoms with E-state index in [4.69, 9.17) is 0 Å². The molecule has 1 aromatic rings. The number of amides is 1. The normalized spacial score (nSPS) is 30.9. The van der Waals surface area contributed by atoms with Gasteiger partial charge < -0.3 is 10.6 Å². The highest BCUT2D eigenvalue weighted by Gasteiger charge is 2.58. The number of hydrogen-bond donors (Lipinski definition) is 2. The molecule has 1 saturated heterocycles. The first-order valence-electron chi connectivity index (χ1n) is 7.23. The lowest BCUT2D eigenvalue weighted by Gasteiger charge is -2.14. The van der Waals surface area contributed by atoms with Gasteiger partial charge in [0, 0.05) is 6.04 Å². The van der Waals surface area contributed by atoms with E-state index in [1.165, 1.54) is 12.0 Å². The summed E-state index contributed by atoms with van der Waals surface area (Å²) >= 11 is 3.40. The van der Waals surface area contributed by atoms with E-state index in [1.54, 1.807) is 0 Å². The predicted octanol–water partition coefficient (Wildman–Crippen LogP) is 2.88. The van der Waals surface area contributed by atoms with Gasteiger partial charge in [-0.3, -0.25) is 4.79 Å². The highest BCUT2D eigenvalue weighted by atomic mass is 79.9. The Morgan fingerprint density at radius 2 is 2.35 bits per heavy atom. The fourth-order valence-corrected chi connectivity index (χ4v) is 3.57. The molecule has 1 amide bonds. The molecule has 4 nitrogen and oxygen atoms in total. The van der Waals surface area contributed by atoms with Gasteiger partial charge in [-0.15, -0.1) is 0 Å². The standard InChI is InChI=1S/C15H20BrN3O/c1-3-4-9-5-12(16)18-13(6-9)19-14(20)10-7-15(2)8-11(15)17-10/h5-6,10-11,17H,3-4,7-8H2,1-2H3,(H,18,19,20)/t10-,11+,15-/m0/s1. The number of aryl methyl sites for hydroxylation is 1. The summed E-state index contributed by atoms with van der Waals surface area (Å²) in [5.74, 6) is 0.673. The van der Waals surface area contributed by atoms with Crippen molar-refractivity contribution in [3.63, 3.8) is 0 Å². The van der Waals surface area contributed by atoms with Crippen molar-refractivity contribution in [2.75, 3.05) is 5.32 Å². The number of carbonyl (C=O) groups is 1. The molecule has 3 rings (SSSR count). The fraction of sp³-hybridized carbons (Fsp3) is 0.600. The Balaban J connectivity index is 1.66. The van der Waals surface area contributed by atoms with Crippen molar-refractivity contribution in [3.8, 4) is 0 Å². The van der Waals surface area contributed by atoms with E-state index in [1.807, 2.05) is 12.1 Å². The Labute approximate surface area is 127 Å². The summed E-state index contributed by atoms with van der Waals surface area (Å²) in [6.07, 6.45) is 4.20. The summed E-state index contributed by atoms with van der Waals surface area (Å²) in [5.41, 5.74) is 1.54. The van der Waals surface area contributed by atoms with Crippen LogP contribution in [-0.4, -0.2) is 23.0 Å². The maximum atomic E-state index is 12.3. The van der Waals surface area contributed by atoms with Crippen LogP contribution in [0.25, 0.3) is 0 Å². The third-order valence-electron chi connectivity index (χ3n) is 4.38. The van der Waals surface area contributed by atoms with Gasteiger partial charge in [0.1, 0.15) is 10.4 Å². The Bertz CT molecular complexity index is 548. The third kappa shape index (κ3) is 2.74. The number of nitrogens with one attached hydrogen (secondary N) is 2. The highest BCUT2D eigenvalue weighted by molar-refractivity contribution is 9.10. The molecule has 2 heterocycles. The first-order valence-corrected chi connectivity index (χ1v) is 8.03. The molecule has 108 valence electrons. The van der Waals surface area contributed by atoms with Gasteiger partial charge >= 0.3 is 0 Å². The Morgan fingerprint density at radius 1 is 1.55 bits per heavy atom. The Hall–Kier alpha value is -0.940. The van der Waals surface area contributed by atoms with Crippen LogP contribution in [0.2, 0.25) is 0 Å². The van der Waals surface area contributed by atoms with Gasteiger partial charge in [-0.05, 0) is 58.3 Å². The van der Waals surface area contributed by atoms with Gasteiger partial charge in [0.2, 0.25) is 5.91 Å². The molecule has 0 spiro atoms. The number of nitrogens with zero attached hydrogens (tertiary/aromatic N) is 1. The van der Waals surface area contributed by atoms with Crippen molar-refractivity contribution in [1.82, 2.24) is 10.3 Å². The van der Waals surface area contributed by atoms with Crippen LogP contribution in [0.1, 0.15) is 38.7 Å². The molecule has 1 saturated carbocycles. The van der Waals surface area contributed by atoms with Crippen LogP contribution in [0.4, 0.5) is 5.82 Å². The van der Waals surface area contributed by atoms with Gasteiger partial charge in [-0.2, -0.15) is 0 Å². The van der Waals surface area contributed by atoms with E-state index < -0.39 is 0 Å². The van der Waals surface area contributed by atoms with Gasteiger partial charge in [-0.25, -0.2) is 4.98 Å². The van der Waals surface area contributed by atoms with Crippen molar-refractivity contribution < 1.29 is 4.79 Å². The molecule has 1 aliphatic heterocycles. The number of pyridine rings is 1. The highest BCUT2D eigenvalue weighted by Crippen LogP contribution is 2.53. The number of halogens is 1. The van der Waals surface area contributed by atoms with E-state index >= 15 is 0 Å². The van der Waals surface area contributed by atoms with Crippen LogP contribution in [0.5, 0.6) is 0 Å². The number of hydrogen-bond acceptors (Lipinski definition) is 3. The molecule has 2 aliphatic rings. The second-order valence-electron chi connectivity index (χ2n) is 6.26. The zero-order valence-electron chi connectivity index (χ0n) is 11.9. The summed E-state index contributed by atoms with van der Waals surface area (Å²) in [7, 11) is 0. The SMILES string of the molecule is CCCc1cc(Br)nc(NC(=O)[C@@H]2C[C@@]3(C)C[C@H]3N2)c1. The predicted molar refractivity (Wildman–Crippen MR) is 82.6 cm³/mol. The number of anilines is 1. The Kier molecular flexibility index (Phi) is 3.58. The zero-order chi connectivity index (χ0) is 14.3. The summed E-state index contributed by atoms with van der Waals surface area (Å²) in [4.78, 5) is 16.6. The number of piperidine rings is 1. The molecule has 1 aromatic heterocycles. The maximum Gasteiger partial charge on any atom is 0.242 e. The van der Waals surface area contributed by atoms with E-state index in [2.05, 4.69) is 45.4 Å². The lowest BCUT2D eigenvalue weighted by atomic mass is 10.0. The summed E-state index contributed by atoms with van der Waals surface area (Å²) in [6.45, 7) is 4.39. The third-order valence-corrected chi connectivity index (χ3v) is 4.79. The number of fused-ring (bicyclic) bond motifs is 1. The minimum Gasteiger partial charge on any atom is -0.309 e. The van der Waals surface area contributed by atoms with Gasteiger partial charge in [-0.1, -0.05) is 20.3 Å². The van der Waals surface area contributed by atoms with Gasteiger partial charge in [0.05, 0.1) is 6.04 Å². The zero-order valence-corrected chi connectivity index (χ0v) is 13.5. The van der Waals surface area contributed by atoms with Crippen molar-refractivity contribution >= 4 is 27.7 Å². The number of aromatic nitrogens is 1. The van der Waals surface area contributed by atoms with Crippen LogP contribution in [0.3, 0.4) is 0 Å².